The maximum absolute atomic E-state index is 11.5. The molecule has 2 rings (SSSR count). The smallest absolute Gasteiger partial charge is 0.264 e. The van der Waals surface area contributed by atoms with Crippen molar-refractivity contribution < 1.29 is 14.3 Å². The van der Waals surface area contributed by atoms with Crippen molar-refractivity contribution >= 4 is 28.7 Å². The SMILES string of the molecule is O=Cc1ccccc1OCC(=O)Nc1nccs1. The Kier molecular flexibility index (Phi) is 4.03. The van der Waals surface area contributed by atoms with E-state index < -0.39 is 0 Å². The first-order valence-electron chi connectivity index (χ1n) is 5.16. The van der Waals surface area contributed by atoms with Gasteiger partial charge in [0.2, 0.25) is 0 Å². The number of rotatable bonds is 5. The summed E-state index contributed by atoms with van der Waals surface area (Å²) in [7, 11) is 0. The number of anilines is 1. The van der Waals surface area contributed by atoms with Gasteiger partial charge >= 0.3 is 0 Å². The molecule has 0 aliphatic rings. The average Bonchev–Trinajstić information content (AvgIpc) is 2.89. The van der Waals surface area contributed by atoms with Crippen molar-refractivity contribution in [2.75, 3.05) is 11.9 Å². The number of benzene rings is 1. The minimum Gasteiger partial charge on any atom is -0.483 e. The van der Waals surface area contributed by atoms with E-state index in [9.17, 15) is 9.59 Å². The molecule has 5 nitrogen and oxygen atoms in total. The fraction of sp³-hybridized carbons (Fsp3) is 0.0833. The van der Waals surface area contributed by atoms with Gasteiger partial charge < -0.3 is 4.74 Å². The van der Waals surface area contributed by atoms with Crippen LogP contribution in [0.15, 0.2) is 35.8 Å². The Bertz CT molecular complexity index is 540. The van der Waals surface area contributed by atoms with Gasteiger partial charge in [-0.3, -0.25) is 14.9 Å². The lowest BCUT2D eigenvalue weighted by molar-refractivity contribution is -0.118. The standard InChI is InChI=1S/C12H10N2O3S/c15-7-9-3-1-2-4-10(9)17-8-11(16)14-12-13-5-6-18-12/h1-7H,8H2,(H,13,14,16). The lowest BCUT2D eigenvalue weighted by atomic mass is 10.2. The molecule has 0 saturated carbocycles. The van der Waals surface area contributed by atoms with E-state index in [0.29, 0.717) is 22.7 Å². The molecule has 92 valence electrons. The molecule has 0 aliphatic carbocycles. The molecule has 1 aromatic carbocycles. The lowest BCUT2D eigenvalue weighted by Gasteiger charge is -2.07. The van der Waals surface area contributed by atoms with Crippen LogP contribution in [-0.2, 0) is 4.79 Å². The van der Waals surface area contributed by atoms with Crippen LogP contribution in [-0.4, -0.2) is 23.8 Å². The molecule has 0 atom stereocenters. The first-order valence-corrected chi connectivity index (χ1v) is 6.04. The van der Waals surface area contributed by atoms with Crippen LogP contribution in [0.2, 0.25) is 0 Å². The van der Waals surface area contributed by atoms with Crippen molar-refractivity contribution in [2.45, 2.75) is 0 Å². The topological polar surface area (TPSA) is 68.3 Å². The molecule has 1 heterocycles. The van der Waals surface area contributed by atoms with E-state index in [1.165, 1.54) is 11.3 Å². The number of ether oxygens (including phenoxy) is 1. The Morgan fingerprint density at radius 1 is 1.44 bits per heavy atom. The van der Waals surface area contributed by atoms with E-state index in [1.54, 1.807) is 35.8 Å². The molecular formula is C12H10N2O3S. The molecule has 1 aromatic heterocycles. The quantitative estimate of drug-likeness (QED) is 0.836. The predicted octanol–water partition coefficient (Wildman–Crippen LogP) is 1.97. The summed E-state index contributed by atoms with van der Waals surface area (Å²) in [6.45, 7) is -0.162. The number of hydrogen-bond donors (Lipinski definition) is 1. The summed E-state index contributed by atoms with van der Waals surface area (Å²) in [4.78, 5) is 26.2. The molecule has 0 bridgehead atoms. The van der Waals surface area contributed by atoms with Crippen LogP contribution in [0.3, 0.4) is 0 Å². The summed E-state index contributed by atoms with van der Waals surface area (Å²) in [6.07, 6.45) is 2.29. The number of carbonyl (C=O) groups excluding carboxylic acids is 2. The highest BCUT2D eigenvalue weighted by Crippen LogP contribution is 2.15. The van der Waals surface area contributed by atoms with Crippen LogP contribution in [0.4, 0.5) is 5.13 Å². The van der Waals surface area contributed by atoms with Gasteiger partial charge in [-0.25, -0.2) is 4.98 Å². The normalized spacial score (nSPS) is 9.78. The largest absolute Gasteiger partial charge is 0.483 e. The molecule has 1 amide bonds. The van der Waals surface area contributed by atoms with Gasteiger partial charge in [0.1, 0.15) is 5.75 Å². The first-order chi connectivity index (χ1) is 8.79. The van der Waals surface area contributed by atoms with E-state index >= 15 is 0 Å². The van der Waals surface area contributed by atoms with Gasteiger partial charge in [0.05, 0.1) is 5.56 Å². The third-order valence-corrected chi connectivity index (χ3v) is 2.77. The Morgan fingerprint density at radius 2 is 2.28 bits per heavy atom. The van der Waals surface area contributed by atoms with Crippen molar-refractivity contribution in [2.24, 2.45) is 0 Å². The fourth-order valence-electron chi connectivity index (χ4n) is 1.29. The van der Waals surface area contributed by atoms with Gasteiger partial charge in [-0.1, -0.05) is 12.1 Å². The van der Waals surface area contributed by atoms with Crippen molar-refractivity contribution in [3.8, 4) is 5.75 Å². The van der Waals surface area contributed by atoms with Gasteiger partial charge in [0.15, 0.2) is 18.0 Å². The van der Waals surface area contributed by atoms with E-state index in [1.807, 2.05) is 0 Å². The van der Waals surface area contributed by atoms with Crippen LogP contribution < -0.4 is 10.1 Å². The molecule has 0 unspecified atom stereocenters. The zero-order valence-corrected chi connectivity index (χ0v) is 10.1. The van der Waals surface area contributed by atoms with Crippen LogP contribution in [0.25, 0.3) is 0 Å². The summed E-state index contributed by atoms with van der Waals surface area (Å²) in [5.74, 6) is 0.0763. The lowest BCUT2D eigenvalue weighted by Crippen LogP contribution is -2.20. The number of aldehydes is 1. The number of thiazole rings is 1. The summed E-state index contributed by atoms with van der Waals surface area (Å²) >= 11 is 1.33. The molecule has 2 aromatic rings. The molecule has 0 spiro atoms. The van der Waals surface area contributed by atoms with Crippen molar-refractivity contribution in [1.82, 2.24) is 4.98 Å². The summed E-state index contributed by atoms with van der Waals surface area (Å²) < 4.78 is 5.27. The highest BCUT2D eigenvalue weighted by molar-refractivity contribution is 7.13. The molecule has 1 N–H and O–H groups in total. The fourth-order valence-corrected chi connectivity index (χ4v) is 1.84. The number of aromatic nitrogens is 1. The van der Waals surface area contributed by atoms with Crippen molar-refractivity contribution in [3.63, 3.8) is 0 Å². The molecule has 6 heteroatoms. The van der Waals surface area contributed by atoms with Crippen molar-refractivity contribution in [3.05, 3.63) is 41.4 Å². The van der Waals surface area contributed by atoms with Crippen LogP contribution in [0.5, 0.6) is 5.75 Å². The molecule has 18 heavy (non-hydrogen) atoms. The van der Waals surface area contributed by atoms with Gasteiger partial charge in [0, 0.05) is 11.6 Å². The van der Waals surface area contributed by atoms with Crippen LogP contribution in [0.1, 0.15) is 10.4 Å². The predicted molar refractivity (Wildman–Crippen MR) is 68.1 cm³/mol. The van der Waals surface area contributed by atoms with Gasteiger partial charge in [-0.15, -0.1) is 11.3 Å². The van der Waals surface area contributed by atoms with E-state index in [2.05, 4.69) is 10.3 Å². The molecular weight excluding hydrogens is 252 g/mol. The number of nitrogens with zero attached hydrogens (tertiary/aromatic N) is 1. The first kappa shape index (κ1) is 12.3. The Morgan fingerprint density at radius 3 is 3.00 bits per heavy atom. The minimum absolute atomic E-state index is 0.162. The van der Waals surface area contributed by atoms with Gasteiger partial charge in [0.25, 0.3) is 5.91 Å². The second-order valence-corrected chi connectivity index (χ2v) is 4.22. The highest BCUT2D eigenvalue weighted by Gasteiger charge is 2.07. The number of para-hydroxylation sites is 1. The van der Waals surface area contributed by atoms with Crippen LogP contribution >= 0.6 is 11.3 Å². The number of nitrogens with one attached hydrogen (secondary N) is 1. The second kappa shape index (κ2) is 5.92. The Balaban J connectivity index is 1.91. The summed E-state index contributed by atoms with van der Waals surface area (Å²) in [5, 5.41) is 4.87. The monoisotopic (exact) mass is 262 g/mol. The zero-order valence-electron chi connectivity index (χ0n) is 9.33. The van der Waals surface area contributed by atoms with Gasteiger partial charge in [-0.2, -0.15) is 0 Å². The summed E-state index contributed by atoms with van der Waals surface area (Å²) in [6, 6.07) is 6.73. The Hall–Kier alpha value is -2.21. The van der Waals surface area contributed by atoms with Crippen molar-refractivity contribution in [1.29, 1.82) is 0 Å². The molecule has 0 radical (unpaired) electrons. The highest BCUT2D eigenvalue weighted by atomic mass is 32.1. The Labute approximate surface area is 107 Å². The third kappa shape index (κ3) is 3.14. The van der Waals surface area contributed by atoms with E-state index in [-0.39, 0.29) is 12.5 Å². The van der Waals surface area contributed by atoms with E-state index in [0.717, 1.165) is 0 Å². The third-order valence-electron chi connectivity index (χ3n) is 2.08. The average molecular weight is 262 g/mol. The summed E-state index contributed by atoms with van der Waals surface area (Å²) in [5.41, 5.74) is 0.416. The number of carbonyl (C=O) groups is 2. The number of hydrogen-bond acceptors (Lipinski definition) is 5. The van der Waals surface area contributed by atoms with Gasteiger partial charge in [-0.05, 0) is 12.1 Å². The molecule has 0 aliphatic heterocycles. The number of amides is 1. The van der Waals surface area contributed by atoms with Crippen LogP contribution in [0, 0.1) is 0 Å². The minimum atomic E-state index is -0.314. The zero-order chi connectivity index (χ0) is 12.8. The maximum Gasteiger partial charge on any atom is 0.264 e. The molecule has 0 saturated heterocycles. The second-order valence-electron chi connectivity index (χ2n) is 3.33. The molecule has 0 fully saturated rings. The maximum atomic E-state index is 11.5. The van der Waals surface area contributed by atoms with E-state index in [4.69, 9.17) is 4.74 Å².